The molecule has 1 aromatic carbocycles. The van der Waals surface area contributed by atoms with Crippen molar-refractivity contribution in [3.8, 4) is 0 Å². The molecule has 7 nitrogen and oxygen atoms in total. The smallest absolute Gasteiger partial charge is 0.243 e. The highest BCUT2D eigenvalue weighted by Crippen LogP contribution is 2.18. The SMILES string of the molecule is CN(C(=O)CCC(=O)N1CCC(c2ccccc2)=N1)C1CCN(CCc2ccccn2)CC1. The molecule has 2 amide bonds. The summed E-state index contributed by atoms with van der Waals surface area (Å²) in [6, 6.07) is 16.2. The third kappa shape index (κ3) is 6.26. The number of likely N-dealkylation sites (tertiary alicyclic amines) is 1. The van der Waals surface area contributed by atoms with E-state index in [1.54, 1.807) is 0 Å². The van der Waals surface area contributed by atoms with Crippen molar-refractivity contribution in [2.45, 2.75) is 44.6 Å². The van der Waals surface area contributed by atoms with Gasteiger partial charge in [0.15, 0.2) is 0 Å². The number of hydrogen-bond donors (Lipinski definition) is 0. The molecule has 1 aromatic heterocycles. The minimum atomic E-state index is -0.0768. The molecule has 0 aliphatic carbocycles. The molecule has 0 spiro atoms. The van der Waals surface area contributed by atoms with Crippen molar-refractivity contribution in [1.29, 1.82) is 0 Å². The fourth-order valence-electron chi connectivity index (χ4n) is 4.54. The van der Waals surface area contributed by atoms with E-state index in [0.29, 0.717) is 6.54 Å². The van der Waals surface area contributed by atoms with Crippen LogP contribution in [-0.2, 0) is 16.0 Å². The fourth-order valence-corrected chi connectivity index (χ4v) is 4.54. The van der Waals surface area contributed by atoms with Crippen LogP contribution >= 0.6 is 0 Å². The normalized spacial score (nSPS) is 17.1. The molecule has 0 saturated carbocycles. The van der Waals surface area contributed by atoms with Crippen LogP contribution in [0.5, 0.6) is 0 Å². The van der Waals surface area contributed by atoms with Crippen LogP contribution < -0.4 is 0 Å². The van der Waals surface area contributed by atoms with Crippen LogP contribution in [-0.4, -0.2) is 76.6 Å². The monoisotopic (exact) mass is 447 g/mol. The van der Waals surface area contributed by atoms with E-state index < -0.39 is 0 Å². The fraction of sp³-hybridized carbons (Fsp3) is 0.462. The minimum Gasteiger partial charge on any atom is -0.343 e. The predicted octanol–water partition coefficient (Wildman–Crippen LogP) is 2.96. The molecule has 0 unspecified atom stereocenters. The van der Waals surface area contributed by atoms with Gasteiger partial charge in [-0.3, -0.25) is 14.6 Å². The van der Waals surface area contributed by atoms with Crippen LogP contribution in [0.15, 0.2) is 59.8 Å². The molecular formula is C26H33N5O2. The van der Waals surface area contributed by atoms with Gasteiger partial charge in [0.25, 0.3) is 0 Å². The third-order valence-electron chi connectivity index (χ3n) is 6.66. The number of carbonyl (C=O) groups excluding carboxylic acids is 2. The molecule has 4 rings (SSSR count). The first-order chi connectivity index (χ1) is 16.1. The molecule has 2 aromatic rings. The lowest BCUT2D eigenvalue weighted by Gasteiger charge is -2.36. The summed E-state index contributed by atoms with van der Waals surface area (Å²) in [6.45, 7) is 3.55. The van der Waals surface area contributed by atoms with Gasteiger partial charge < -0.3 is 9.80 Å². The topological polar surface area (TPSA) is 69.1 Å². The Morgan fingerprint density at radius 1 is 1.00 bits per heavy atom. The summed E-state index contributed by atoms with van der Waals surface area (Å²) in [5.41, 5.74) is 3.10. The van der Waals surface area contributed by atoms with Gasteiger partial charge in [-0.25, -0.2) is 5.01 Å². The van der Waals surface area contributed by atoms with E-state index in [4.69, 9.17) is 0 Å². The second-order valence-corrected chi connectivity index (χ2v) is 8.83. The predicted molar refractivity (Wildman–Crippen MR) is 129 cm³/mol. The zero-order valence-corrected chi connectivity index (χ0v) is 19.4. The van der Waals surface area contributed by atoms with Crippen molar-refractivity contribution in [1.82, 2.24) is 19.8 Å². The Hall–Kier alpha value is -3.06. The molecule has 0 bridgehead atoms. The zero-order chi connectivity index (χ0) is 23.0. The van der Waals surface area contributed by atoms with Crippen LogP contribution in [0, 0.1) is 0 Å². The van der Waals surface area contributed by atoms with E-state index in [-0.39, 0.29) is 30.7 Å². The van der Waals surface area contributed by atoms with Crippen molar-refractivity contribution in [3.05, 3.63) is 66.0 Å². The summed E-state index contributed by atoms with van der Waals surface area (Å²) in [6.07, 6.45) is 5.92. The van der Waals surface area contributed by atoms with E-state index in [1.807, 2.05) is 60.6 Å². The standard InChI is InChI=1S/C26H33N5O2/c1-29(23-13-18-30(19-14-23)17-12-22-9-5-6-16-27-22)25(32)10-11-26(33)31-20-15-24(28-31)21-7-3-2-4-8-21/h2-9,16,23H,10-15,17-20H2,1H3. The molecule has 7 heteroatoms. The van der Waals surface area contributed by atoms with Crippen molar-refractivity contribution in [3.63, 3.8) is 0 Å². The summed E-state index contributed by atoms with van der Waals surface area (Å²) < 4.78 is 0. The first-order valence-electron chi connectivity index (χ1n) is 11.9. The van der Waals surface area contributed by atoms with E-state index in [0.717, 1.165) is 62.3 Å². The highest BCUT2D eigenvalue weighted by Gasteiger charge is 2.27. The van der Waals surface area contributed by atoms with Crippen LogP contribution in [0.2, 0.25) is 0 Å². The number of rotatable bonds is 8. The Kier molecular flexibility index (Phi) is 7.83. The van der Waals surface area contributed by atoms with Crippen LogP contribution in [0.3, 0.4) is 0 Å². The summed E-state index contributed by atoms with van der Waals surface area (Å²) in [5.74, 6) is -0.0335. The van der Waals surface area contributed by atoms with E-state index in [9.17, 15) is 9.59 Å². The van der Waals surface area contributed by atoms with Crippen molar-refractivity contribution in [2.75, 3.05) is 33.2 Å². The van der Waals surface area contributed by atoms with Crippen molar-refractivity contribution < 1.29 is 9.59 Å². The summed E-state index contributed by atoms with van der Waals surface area (Å²) in [4.78, 5) is 34.0. The Labute approximate surface area is 196 Å². The first kappa shape index (κ1) is 23.1. The molecule has 2 aliphatic rings. The number of pyridine rings is 1. The number of benzene rings is 1. The second kappa shape index (κ2) is 11.2. The van der Waals surface area contributed by atoms with E-state index in [1.165, 1.54) is 5.01 Å². The lowest BCUT2D eigenvalue weighted by atomic mass is 10.0. The first-order valence-corrected chi connectivity index (χ1v) is 11.9. The van der Waals surface area contributed by atoms with Crippen LogP contribution in [0.1, 0.15) is 43.4 Å². The van der Waals surface area contributed by atoms with Gasteiger partial charge in [-0.05, 0) is 30.5 Å². The highest BCUT2D eigenvalue weighted by atomic mass is 16.2. The average molecular weight is 448 g/mol. The van der Waals surface area contributed by atoms with Gasteiger partial charge >= 0.3 is 0 Å². The maximum atomic E-state index is 12.7. The highest BCUT2D eigenvalue weighted by molar-refractivity contribution is 6.02. The van der Waals surface area contributed by atoms with Crippen LogP contribution in [0.25, 0.3) is 0 Å². The van der Waals surface area contributed by atoms with Crippen molar-refractivity contribution >= 4 is 17.5 Å². The Balaban J connectivity index is 1.18. The molecule has 0 atom stereocenters. The third-order valence-corrected chi connectivity index (χ3v) is 6.66. The molecule has 1 fully saturated rings. The lowest BCUT2D eigenvalue weighted by molar-refractivity contribution is -0.137. The van der Waals surface area contributed by atoms with Gasteiger partial charge in [-0.15, -0.1) is 0 Å². The number of aromatic nitrogens is 1. The van der Waals surface area contributed by atoms with Gasteiger partial charge in [-0.2, -0.15) is 5.10 Å². The number of piperidine rings is 1. The number of nitrogens with zero attached hydrogens (tertiary/aromatic N) is 5. The summed E-state index contributed by atoms with van der Waals surface area (Å²) in [7, 11) is 1.88. The van der Waals surface area contributed by atoms with Gasteiger partial charge in [0.1, 0.15) is 0 Å². The largest absolute Gasteiger partial charge is 0.343 e. The number of hydrazone groups is 1. The number of hydrogen-bond acceptors (Lipinski definition) is 5. The molecule has 0 N–H and O–H groups in total. The Morgan fingerprint density at radius 2 is 1.76 bits per heavy atom. The second-order valence-electron chi connectivity index (χ2n) is 8.83. The van der Waals surface area contributed by atoms with Gasteiger partial charge in [-0.1, -0.05) is 36.4 Å². The zero-order valence-electron chi connectivity index (χ0n) is 19.4. The quantitative estimate of drug-likeness (QED) is 0.624. The van der Waals surface area contributed by atoms with E-state index >= 15 is 0 Å². The number of carbonyl (C=O) groups is 2. The molecular weight excluding hydrogens is 414 g/mol. The van der Waals surface area contributed by atoms with Crippen molar-refractivity contribution in [2.24, 2.45) is 5.10 Å². The summed E-state index contributed by atoms with van der Waals surface area (Å²) in [5, 5.41) is 6.01. The molecule has 0 radical (unpaired) electrons. The van der Waals surface area contributed by atoms with Gasteiger partial charge in [0.05, 0.1) is 12.3 Å². The molecule has 3 heterocycles. The van der Waals surface area contributed by atoms with Gasteiger partial charge in [0.2, 0.25) is 11.8 Å². The number of amides is 2. The molecule has 1 saturated heterocycles. The molecule has 33 heavy (non-hydrogen) atoms. The maximum Gasteiger partial charge on any atom is 0.243 e. The molecule has 2 aliphatic heterocycles. The minimum absolute atomic E-state index is 0.0433. The Morgan fingerprint density at radius 3 is 2.48 bits per heavy atom. The van der Waals surface area contributed by atoms with E-state index in [2.05, 4.69) is 21.1 Å². The van der Waals surface area contributed by atoms with Crippen LogP contribution in [0.4, 0.5) is 0 Å². The molecule has 174 valence electrons. The average Bonchev–Trinajstić information content (AvgIpc) is 3.37. The Bertz CT molecular complexity index is 955. The maximum absolute atomic E-state index is 12.7. The summed E-state index contributed by atoms with van der Waals surface area (Å²) >= 11 is 0. The lowest BCUT2D eigenvalue weighted by Crippen LogP contribution is -2.46. The van der Waals surface area contributed by atoms with Gasteiger partial charge in [0, 0.05) is 70.3 Å².